The Morgan fingerprint density at radius 2 is 2.28 bits per heavy atom. The highest BCUT2D eigenvalue weighted by molar-refractivity contribution is 6.06. The third-order valence-electron chi connectivity index (χ3n) is 3.59. The molecule has 0 saturated carbocycles. The number of carbonyl (C=O) groups is 1. The molecule has 1 fully saturated rings. The highest BCUT2D eigenvalue weighted by atomic mass is 16.5. The molecule has 3 rings (SSSR count). The number of carbonyl (C=O) groups excluding carboxylic acids is 1. The Morgan fingerprint density at radius 3 is 3.06 bits per heavy atom. The summed E-state index contributed by atoms with van der Waals surface area (Å²) in [6, 6.07) is 8.06. The fourth-order valence-electron chi connectivity index (χ4n) is 2.43. The van der Waals surface area contributed by atoms with Gasteiger partial charge in [-0.1, -0.05) is 18.2 Å². The van der Waals surface area contributed by atoms with E-state index in [-0.39, 0.29) is 11.9 Å². The van der Waals surface area contributed by atoms with E-state index in [1.165, 1.54) is 0 Å². The zero-order valence-corrected chi connectivity index (χ0v) is 10.3. The molecular formula is C14H16N2O2. The van der Waals surface area contributed by atoms with E-state index in [4.69, 9.17) is 4.74 Å². The average molecular weight is 244 g/mol. The van der Waals surface area contributed by atoms with Crippen LogP contribution in [-0.2, 0) is 4.74 Å². The van der Waals surface area contributed by atoms with Crippen LogP contribution in [0.1, 0.15) is 16.8 Å². The Bertz CT molecular complexity index is 570. The van der Waals surface area contributed by atoms with Gasteiger partial charge in [0.1, 0.15) is 0 Å². The third kappa shape index (κ3) is 1.78. The van der Waals surface area contributed by atoms with Crippen molar-refractivity contribution in [3.05, 3.63) is 36.0 Å². The van der Waals surface area contributed by atoms with E-state index < -0.39 is 0 Å². The summed E-state index contributed by atoms with van der Waals surface area (Å²) in [5.41, 5.74) is 1.73. The Kier molecular flexibility index (Phi) is 2.80. The van der Waals surface area contributed by atoms with E-state index in [0.717, 1.165) is 29.5 Å². The number of nitrogens with zero attached hydrogens (tertiary/aromatic N) is 1. The first-order valence-corrected chi connectivity index (χ1v) is 6.18. The topological polar surface area (TPSA) is 45.3 Å². The smallest absolute Gasteiger partial charge is 0.256 e. The minimum Gasteiger partial charge on any atom is -0.379 e. The Morgan fingerprint density at radius 1 is 1.44 bits per heavy atom. The predicted molar refractivity (Wildman–Crippen MR) is 69.6 cm³/mol. The van der Waals surface area contributed by atoms with Gasteiger partial charge in [0, 0.05) is 30.8 Å². The van der Waals surface area contributed by atoms with Crippen molar-refractivity contribution in [1.82, 2.24) is 9.88 Å². The molecule has 1 saturated heterocycles. The standard InChI is InChI=1S/C14H16N2O2/c1-16(10-6-7-18-9-10)14(17)12-8-15-13-5-3-2-4-11(12)13/h2-5,8,10,15H,6-7,9H2,1H3. The molecule has 1 amide bonds. The van der Waals surface area contributed by atoms with Crippen LogP contribution in [-0.4, -0.2) is 42.1 Å². The summed E-state index contributed by atoms with van der Waals surface area (Å²) in [7, 11) is 1.85. The predicted octanol–water partition coefficient (Wildman–Crippen LogP) is 2.03. The number of aromatic amines is 1. The molecule has 4 nitrogen and oxygen atoms in total. The third-order valence-corrected chi connectivity index (χ3v) is 3.59. The van der Waals surface area contributed by atoms with Gasteiger partial charge in [0.2, 0.25) is 0 Å². The van der Waals surface area contributed by atoms with E-state index in [1.54, 1.807) is 11.1 Å². The molecule has 1 unspecified atom stereocenters. The summed E-state index contributed by atoms with van der Waals surface area (Å²) in [5.74, 6) is 0.0583. The summed E-state index contributed by atoms with van der Waals surface area (Å²) in [6.45, 7) is 1.39. The largest absolute Gasteiger partial charge is 0.379 e. The number of H-pyrrole nitrogens is 1. The molecule has 1 aromatic carbocycles. The highest BCUT2D eigenvalue weighted by Crippen LogP contribution is 2.21. The number of nitrogens with one attached hydrogen (secondary N) is 1. The lowest BCUT2D eigenvalue weighted by Gasteiger charge is -2.22. The molecule has 0 bridgehead atoms. The second-order valence-electron chi connectivity index (χ2n) is 4.68. The second-order valence-corrected chi connectivity index (χ2v) is 4.68. The number of aromatic nitrogens is 1. The minimum absolute atomic E-state index is 0.0583. The first kappa shape index (κ1) is 11.3. The molecule has 0 spiro atoms. The molecule has 94 valence electrons. The minimum atomic E-state index is 0.0583. The van der Waals surface area contributed by atoms with Gasteiger partial charge in [-0.25, -0.2) is 0 Å². The van der Waals surface area contributed by atoms with Crippen molar-refractivity contribution in [3.8, 4) is 0 Å². The van der Waals surface area contributed by atoms with Gasteiger partial charge >= 0.3 is 0 Å². The van der Waals surface area contributed by atoms with Crippen LogP contribution in [0.2, 0.25) is 0 Å². The Labute approximate surface area is 106 Å². The van der Waals surface area contributed by atoms with Crippen LogP contribution in [0, 0.1) is 0 Å². The van der Waals surface area contributed by atoms with Crippen LogP contribution in [0.5, 0.6) is 0 Å². The van der Waals surface area contributed by atoms with Gasteiger partial charge in [-0.3, -0.25) is 4.79 Å². The van der Waals surface area contributed by atoms with Crippen LogP contribution in [0.3, 0.4) is 0 Å². The number of likely N-dealkylation sites (N-methyl/N-ethyl adjacent to an activating group) is 1. The molecule has 0 radical (unpaired) electrons. The normalized spacial score (nSPS) is 19.3. The number of hydrogen-bond acceptors (Lipinski definition) is 2. The summed E-state index contributed by atoms with van der Waals surface area (Å²) in [6.07, 6.45) is 2.71. The zero-order chi connectivity index (χ0) is 12.5. The second kappa shape index (κ2) is 4.46. The van der Waals surface area contributed by atoms with Crippen LogP contribution >= 0.6 is 0 Å². The quantitative estimate of drug-likeness (QED) is 0.878. The van der Waals surface area contributed by atoms with E-state index in [2.05, 4.69) is 4.98 Å². The molecule has 1 aliphatic rings. The van der Waals surface area contributed by atoms with Gasteiger partial charge in [-0.2, -0.15) is 0 Å². The molecule has 1 N–H and O–H groups in total. The van der Waals surface area contributed by atoms with Crippen molar-refractivity contribution in [3.63, 3.8) is 0 Å². The Hall–Kier alpha value is -1.81. The highest BCUT2D eigenvalue weighted by Gasteiger charge is 2.26. The maximum absolute atomic E-state index is 12.5. The molecule has 4 heteroatoms. The van der Waals surface area contributed by atoms with E-state index in [9.17, 15) is 4.79 Å². The monoisotopic (exact) mass is 244 g/mol. The summed E-state index contributed by atoms with van der Waals surface area (Å²) < 4.78 is 5.33. The van der Waals surface area contributed by atoms with Crippen LogP contribution in [0.4, 0.5) is 0 Å². The number of rotatable bonds is 2. The van der Waals surface area contributed by atoms with Crippen molar-refractivity contribution in [2.24, 2.45) is 0 Å². The van der Waals surface area contributed by atoms with Gasteiger partial charge in [0.25, 0.3) is 5.91 Å². The summed E-state index contributed by atoms with van der Waals surface area (Å²) >= 11 is 0. The van der Waals surface area contributed by atoms with Gasteiger partial charge in [-0.05, 0) is 12.5 Å². The molecule has 0 aliphatic carbocycles. The van der Waals surface area contributed by atoms with E-state index >= 15 is 0 Å². The van der Waals surface area contributed by atoms with Crippen molar-refractivity contribution in [2.45, 2.75) is 12.5 Å². The van der Waals surface area contributed by atoms with Gasteiger partial charge in [-0.15, -0.1) is 0 Å². The van der Waals surface area contributed by atoms with E-state index in [1.807, 2.05) is 31.3 Å². The van der Waals surface area contributed by atoms with Crippen molar-refractivity contribution in [1.29, 1.82) is 0 Å². The molecular weight excluding hydrogens is 228 g/mol. The molecule has 2 heterocycles. The number of ether oxygens (including phenoxy) is 1. The SMILES string of the molecule is CN(C(=O)c1c[nH]c2ccccc12)C1CCOC1. The number of fused-ring (bicyclic) bond motifs is 1. The molecule has 1 aromatic heterocycles. The van der Waals surface area contributed by atoms with Crippen LogP contribution in [0.25, 0.3) is 10.9 Å². The average Bonchev–Trinajstić information content (AvgIpc) is 3.06. The molecule has 1 atom stereocenters. The fourth-order valence-corrected chi connectivity index (χ4v) is 2.43. The molecule has 18 heavy (non-hydrogen) atoms. The maximum atomic E-state index is 12.5. The van der Waals surface area contributed by atoms with Gasteiger partial charge < -0.3 is 14.6 Å². The van der Waals surface area contributed by atoms with Gasteiger partial charge in [0.15, 0.2) is 0 Å². The lowest BCUT2D eigenvalue weighted by atomic mass is 10.1. The van der Waals surface area contributed by atoms with Gasteiger partial charge in [0.05, 0.1) is 18.2 Å². The van der Waals surface area contributed by atoms with Crippen LogP contribution < -0.4 is 0 Å². The number of para-hydroxylation sites is 1. The van der Waals surface area contributed by atoms with Crippen molar-refractivity contribution < 1.29 is 9.53 Å². The van der Waals surface area contributed by atoms with Crippen LogP contribution in [0.15, 0.2) is 30.5 Å². The summed E-state index contributed by atoms with van der Waals surface area (Å²) in [5, 5.41) is 0.980. The van der Waals surface area contributed by atoms with E-state index in [0.29, 0.717) is 6.61 Å². The molecule has 2 aromatic rings. The number of amides is 1. The summed E-state index contributed by atoms with van der Waals surface area (Å²) in [4.78, 5) is 17.4. The fraction of sp³-hybridized carbons (Fsp3) is 0.357. The number of hydrogen-bond donors (Lipinski definition) is 1. The zero-order valence-electron chi connectivity index (χ0n) is 10.3. The van der Waals surface area contributed by atoms with Crippen molar-refractivity contribution in [2.75, 3.05) is 20.3 Å². The number of benzene rings is 1. The first-order valence-electron chi connectivity index (χ1n) is 6.18. The first-order chi connectivity index (χ1) is 8.77. The maximum Gasteiger partial charge on any atom is 0.256 e. The lowest BCUT2D eigenvalue weighted by molar-refractivity contribution is 0.0713. The molecule has 1 aliphatic heterocycles. The lowest BCUT2D eigenvalue weighted by Crippen LogP contribution is -2.37. The van der Waals surface area contributed by atoms with Crippen molar-refractivity contribution >= 4 is 16.8 Å². The Balaban J connectivity index is 1.91.